The first-order chi connectivity index (χ1) is 9.81. The fourth-order valence-electron chi connectivity index (χ4n) is 1.80. The van der Waals surface area contributed by atoms with Crippen LogP contribution < -0.4 is 4.74 Å². The van der Waals surface area contributed by atoms with Crippen molar-refractivity contribution >= 4 is 11.6 Å². The Balaban J connectivity index is 1.81. The second-order valence-electron chi connectivity index (χ2n) is 4.17. The summed E-state index contributed by atoms with van der Waals surface area (Å²) >= 11 is 5.84. The molecule has 2 aromatic carbocycles. The minimum Gasteiger partial charge on any atom is -0.457 e. The van der Waals surface area contributed by atoms with Crippen LogP contribution >= 0.6 is 11.6 Å². The van der Waals surface area contributed by atoms with Gasteiger partial charge in [0.15, 0.2) is 0 Å². The van der Waals surface area contributed by atoms with Crippen LogP contribution in [0.3, 0.4) is 0 Å². The van der Waals surface area contributed by atoms with Gasteiger partial charge in [0.2, 0.25) is 0 Å². The Morgan fingerprint density at radius 1 is 0.800 bits per heavy atom. The molecule has 4 heteroatoms. The number of hydrogen-bond acceptors (Lipinski definition) is 3. The van der Waals surface area contributed by atoms with Crippen LogP contribution in [0.2, 0.25) is 5.15 Å². The average molecular weight is 283 g/mol. The third-order valence-electron chi connectivity index (χ3n) is 2.73. The Labute approximate surface area is 121 Å². The normalized spacial score (nSPS) is 10.2. The van der Waals surface area contributed by atoms with Crippen LogP contribution in [0.4, 0.5) is 0 Å². The van der Waals surface area contributed by atoms with Crippen LogP contribution in [0.1, 0.15) is 0 Å². The molecule has 0 aliphatic heterocycles. The van der Waals surface area contributed by atoms with Gasteiger partial charge in [0.25, 0.3) is 0 Å². The molecule has 98 valence electrons. The highest BCUT2D eigenvalue weighted by molar-refractivity contribution is 6.29. The fraction of sp³-hybridized carbons (Fsp3) is 0. The summed E-state index contributed by atoms with van der Waals surface area (Å²) in [7, 11) is 0. The number of hydrogen-bond donors (Lipinski definition) is 0. The lowest BCUT2D eigenvalue weighted by molar-refractivity contribution is 0.483. The molecule has 0 saturated carbocycles. The maximum atomic E-state index is 5.84. The van der Waals surface area contributed by atoms with E-state index in [-0.39, 0.29) is 0 Å². The fourth-order valence-corrected chi connectivity index (χ4v) is 1.95. The number of benzene rings is 2. The molecule has 3 aromatic rings. The summed E-state index contributed by atoms with van der Waals surface area (Å²) in [5.41, 5.74) is 1.68. The summed E-state index contributed by atoms with van der Waals surface area (Å²) in [6.07, 6.45) is 3.19. The van der Waals surface area contributed by atoms with Crippen molar-refractivity contribution in [3.8, 4) is 22.8 Å². The van der Waals surface area contributed by atoms with Gasteiger partial charge in [0.1, 0.15) is 16.7 Å². The van der Waals surface area contributed by atoms with Crippen LogP contribution in [0.25, 0.3) is 11.3 Å². The molecule has 1 heterocycles. The lowest BCUT2D eigenvalue weighted by Crippen LogP contribution is -1.87. The zero-order chi connectivity index (χ0) is 13.8. The summed E-state index contributed by atoms with van der Waals surface area (Å²) in [4.78, 5) is 8.24. The summed E-state index contributed by atoms with van der Waals surface area (Å²) in [5.74, 6) is 1.58. The van der Waals surface area contributed by atoms with Gasteiger partial charge in [-0.25, -0.2) is 4.98 Å². The standard InChI is InChI=1S/C16H11ClN2O/c17-16-11-18-10-15(19-16)12-6-8-14(9-7-12)20-13-4-2-1-3-5-13/h1-11H. The van der Waals surface area contributed by atoms with E-state index in [0.717, 1.165) is 22.8 Å². The summed E-state index contributed by atoms with van der Waals surface area (Å²) in [6.45, 7) is 0. The molecule has 0 aliphatic carbocycles. The van der Waals surface area contributed by atoms with Gasteiger partial charge < -0.3 is 4.74 Å². The zero-order valence-electron chi connectivity index (χ0n) is 10.5. The Hall–Kier alpha value is -2.39. The largest absolute Gasteiger partial charge is 0.457 e. The zero-order valence-corrected chi connectivity index (χ0v) is 11.3. The van der Waals surface area contributed by atoms with Crippen molar-refractivity contribution in [2.45, 2.75) is 0 Å². The number of rotatable bonds is 3. The minimum atomic E-state index is 0.382. The summed E-state index contributed by atoms with van der Waals surface area (Å²) < 4.78 is 5.73. The van der Waals surface area contributed by atoms with Gasteiger partial charge >= 0.3 is 0 Å². The van der Waals surface area contributed by atoms with Crippen LogP contribution in [0.5, 0.6) is 11.5 Å². The Kier molecular flexibility index (Phi) is 3.61. The highest BCUT2D eigenvalue weighted by atomic mass is 35.5. The SMILES string of the molecule is Clc1cncc(-c2ccc(Oc3ccccc3)cc2)n1. The monoisotopic (exact) mass is 282 g/mol. The molecule has 0 N–H and O–H groups in total. The van der Waals surface area contributed by atoms with Crippen molar-refractivity contribution in [3.05, 3.63) is 72.1 Å². The van der Waals surface area contributed by atoms with Crippen LogP contribution in [-0.2, 0) is 0 Å². The number of ether oxygens (including phenoxy) is 1. The quantitative estimate of drug-likeness (QED) is 0.705. The third-order valence-corrected chi connectivity index (χ3v) is 2.92. The van der Waals surface area contributed by atoms with E-state index in [1.54, 1.807) is 6.20 Å². The maximum absolute atomic E-state index is 5.84. The van der Waals surface area contributed by atoms with Crippen LogP contribution in [0.15, 0.2) is 67.0 Å². The van der Waals surface area contributed by atoms with E-state index in [9.17, 15) is 0 Å². The van der Waals surface area contributed by atoms with E-state index >= 15 is 0 Å². The molecule has 0 aliphatic rings. The second kappa shape index (κ2) is 5.72. The predicted molar refractivity (Wildman–Crippen MR) is 79.0 cm³/mol. The van der Waals surface area contributed by atoms with Crippen molar-refractivity contribution < 1.29 is 4.74 Å². The second-order valence-corrected chi connectivity index (χ2v) is 4.55. The van der Waals surface area contributed by atoms with Gasteiger partial charge in [-0.15, -0.1) is 0 Å². The van der Waals surface area contributed by atoms with Crippen LogP contribution in [0, 0.1) is 0 Å². The van der Waals surface area contributed by atoms with Gasteiger partial charge in [-0.1, -0.05) is 29.8 Å². The first-order valence-corrected chi connectivity index (χ1v) is 6.50. The number of nitrogens with zero attached hydrogens (tertiary/aromatic N) is 2. The molecule has 0 atom stereocenters. The van der Waals surface area contributed by atoms with E-state index in [2.05, 4.69) is 9.97 Å². The summed E-state index contributed by atoms with van der Waals surface area (Å²) in [6, 6.07) is 17.3. The lowest BCUT2D eigenvalue weighted by Gasteiger charge is -2.06. The van der Waals surface area contributed by atoms with Gasteiger partial charge in [-0.2, -0.15) is 0 Å². The lowest BCUT2D eigenvalue weighted by atomic mass is 10.1. The topological polar surface area (TPSA) is 35.0 Å². The molecule has 0 fully saturated rings. The Bertz CT molecular complexity index is 699. The molecule has 3 rings (SSSR count). The molecule has 0 bridgehead atoms. The van der Waals surface area contributed by atoms with E-state index in [1.165, 1.54) is 6.20 Å². The van der Waals surface area contributed by atoms with Gasteiger partial charge in [-0.3, -0.25) is 4.98 Å². The van der Waals surface area contributed by atoms with Crippen molar-refractivity contribution in [1.82, 2.24) is 9.97 Å². The number of aromatic nitrogens is 2. The molecule has 0 radical (unpaired) electrons. The molecule has 20 heavy (non-hydrogen) atoms. The van der Waals surface area contributed by atoms with E-state index in [0.29, 0.717) is 5.15 Å². The maximum Gasteiger partial charge on any atom is 0.148 e. The highest BCUT2D eigenvalue weighted by Crippen LogP contribution is 2.24. The van der Waals surface area contributed by atoms with Crippen molar-refractivity contribution in [2.24, 2.45) is 0 Å². The molecule has 0 saturated heterocycles. The molecule has 3 nitrogen and oxygen atoms in total. The van der Waals surface area contributed by atoms with Gasteiger partial charge in [0, 0.05) is 5.56 Å². The van der Waals surface area contributed by atoms with E-state index in [4.69, 9.17) is 16.3 Å². The molecule has 0 unspecified atom stereocenters. The van der Waals surface area contributed by atoms with Crippen molar-refractivity contribution in [3.63, 3.8) is 0 Å². The van der Waals surface area contributed by atoms with E-state index < -0.39 is 0 Å². The van der Waals surface area contributed by atoms with Gasteiger partial charge in [-0.05, 0) is 36.4 Å². The summed E-state index contributed by atoms with van der Waals surface area (Å²) in [5, 5.41) is 0.382. The average Bonchev–Trinajstić information content (AvgIpc) is 2.49. The highest BCUT2D eigenvalue weighted by Gasteiger charge is 2.02. The van der Waals surface area contributed by atoms with Crippen molar-refractivity contribution in [1.29, 1.82) is 0 Å². The van der Waals surface area contributed by atoms with Crippen molar-refractivity contribution in [2.75, 3.05) is 0 Å². The van der Waals surface area contributed by atoms with Crippen LogP contribution in [-0.4, -0.2) is 9.97 Å². The van der Waals surface area contributed by atoms with Gasteiger partial charge in [0.05, 0.1) is 18.1 Å². The number of para-hydroxylation sites is 1. The van der Waals surface area contributed by atoms with E-state index in [1.807, 2.05) is 54.6 Å². The first-order valence-electron chi connectivity index (χ1n) is 6.12. The molecule has 1 aromatic heterocycles. The number of halogens is 1. The molecule has 0 spiro atoms. The minimum absolute atomic E-state index is 0.382. The Morgan fingerprint density at radius 3 is 2.20 bits per heavy atom. The molecular formula is C16H11ClN2O. The smallest absolute Gasteiger partial charge is 0.148 e. The molecular weight excluding hydrogens is 272 g/mol. The third kappa shape index (κ3) is 2.95. The predicted octanol–water partition coefficient (Wildman–Crippen LogP) is 4.59. The first kappa shape index (κ1) is 12.6. The Morgan fingerprint density at radius 2 is 1.50 bits per heavy atom. The molecule has 0 amide bonds.